The summed E-state index contributed by atoms with van der Waals surface area (Å²) in [5.74, 6) is 1.70. The smallest absolute Gasteiger partial charge is 0.271 e. The molecule has 172 valence electrons. The zero-order valence-corrected chi connectivity index (χ0v) is 19.9. The monoisotopic (exact) mass is 446 g/mol. The highest BCUT2D eigenvalue weighted by Crippen LogP contribution is 2.40. The van der Waals surface area contributed by atoms with E-state index in [9.17, 15) is 4.79 Å². The van der Waals surface area contributed by atoms with Crippen molar-refractivity contribution in [1.29, 1.82) is 0 Å². The molecule has 2 aliphatic rings. The molecule has 2 saturated carbocycles. The minimum atomic E-state index is 0.144. The molecule has 0 radical (unpaired) electrons. The number of imidazole rings is 1. The van der Waals surface area contributed by atoms with E-state index in [1.165, 1.54) is 0 Å². The Balaban J connectivity index is 1.55. The summed E-state index contributed by atoms with van der Waals surface area (Å²) in [5.41, 5.74) is 4.41. The number of aryl methyl sites for hydroxylation is 4. The van der Waals surface area contributed by atoms with Gasteiger partial charge in [0.15, 0.2) is 11.6 Å². The van der Waals surface area contributed by atoms with Gasteiger partial charge in [-0.25, -0.2) is 9.97 Å². The van der Waals surface area contributed by atoms with Crippen LogP contribution in [0, 0.1) is 6.92 Å². The lowest BCUT2D eigenvalue weighted by atomic mass is 10.2. The van der Waals surface area contributed by atoms with E-state index in [-0.39, 0.29) is 5.91 Å². The van der Waals surface area contributed by atoms with Gasteiger partial charge < -0.3 is 18.9 Å². The average molecular weight is 447 g/mol. The molecule has 0 aromatic carbocycles. The van der Waals surface area contributed by atoms with Crippen molar-refractivity contribution in [2.45, 2.75) is 58.2 Å². The summed E-state index contributed by atoms with van der Waals surface area (Å²) in [4.78, 5) is 27.6. The molecule has 2 fully saturated rings. The van der Waals surface area contributed by atoms with Crippen LogP contribution in [-0.2, 0) is 20.6 Å². The van der Waals surface area contributed by atoms with Crippen LogP contribution in [0.2, 0.25) is 0 Å². The Labute approximate surface area is 192 Å². The molecule has 6 rings (SSSR count). The zero-order chi connectivity index (χ0) is 23.0. The van der Waals surface area contributed by atoms with Crippen LogP contribution in [-0.4, -0.2) is 58.8 Å². The second-order valence-electron chi connectivity index (χ2n) is 9.50. The molecule has 2 aliphatic carbocycles. The number of carbonyl (C=O) groups excluding carboxylic acids is 1. The molecular formula is C24H30N8O. The lowest BCUT2D eigenvalue weighted by Crippen LogP contribution is -2.36. The van der Waals surface area contributed by atoms with Crippen LogP contribution in [0.1, 0.15) is 48.8 Å². The van der Waals surface area contributed by atoms with Crippen molar-refractivity contribution in [2.75, 3.05) is 11.9 Å². The van der Waals surface area contributed by atoms with Gasteiger partial charge in [-0.15, -0.1) is 0 Å². The highest BCUT2D eigenvalue weighted by atomic mass is 16.2. The lowest BCUT2D eigenvalue weighted by Gasteiger charge is -2.22. The van der Waals surface area contributed by atoms with Gasteiger partial charge in [-0.3, -0.25) is 9.48 Å². The van der Waals surface area contributed by atoms with Crippen molar-refractivity contribution in [3.63, 3.8) is 0 Å². The molecule has 0 saturated heterocycles. The van der Waals surface area contributed by atoms with Gasteiger partial charge in [-0.05, 0) is 45.6 Å². The Morgan fingerprint density at radius 1 is 1.15 bits per heavy atom. The predicted molar refractivity (Wildman–Crippen MR) is 128 cm³/mol. The first-order valence-electron chi connectivity index (χ1n) is 11.8. The SMILES string of the molecule is CCn1c(C(=O)N(C2CC2)C2CC2)cc2c3c(ncn3C)c(N(C)c3cc(C)n(C)n3)nc21. The summed E-state index contributed by atoms with van der Waals surface area (Å²) in [5, 5.41) is 5.60. The van der Waals surface area contributed by atoms with E-state index in [4.69, 9.17) is 4.98 Å². The molecule has 4 aromatic rings. The number of hydrogen-bond donors (Lipinski definition) is 0. The number of carbonyl (C=O) groups is 1. The number of amides is 1. The third kappa shape index (κ3) is 3.05. The number of aromatic nitrogens is 6. The molecule has 4 heterocycles. The fourth-order valence-electron chi connectivity index (χ4n) is 4.91. The number of rotatable bonds is 6. The highest BCUT2D eigenvalue weighted by molar-refractivity contribution is 6.10. The molecule has 0 unspecified atom stereocenters. The zero-order valence-electron chi connectivity index (χ0n) is 19.9. The molecule has 0 N–H and O–H groups in total. The van der Waals surface area contributed by atoms with E-state index < -0.39 is 0 Å². The molecule has 4 aromatic heterocycles. The van der Waals surface area contributed by atoms with Crippen LogP contribution in [0.3, 0.4) is 0 Å². The van der Waals surface area contributed by atoms with Crippen LogP contribution in [0.5, 0.6) is 0 Å². The van der Waals surface area contributed by atoms with E-state index in [0.717, 1.165) is 70.8 Å². The molecule has 33 heavy (non-hydrogen) atoms. The second kappa shape index (κ2) is 7.07. The number of fused-ring (bicyclic) bond motifs is 3. The van der Waals surface area contributed by atoms with Crippen LogP contribution >= 0.6 is 0 Å². The Hall–Kier alpha value is -3.36. The number of nitrogens with zero attached hydrogens (tertiary/aromatic N) is 8. The quantitative estimate of drug-likeness (QED) is 0.453. The van der Waals surface area contributed by atoms with E-state index in [2.05, 4.69) is 26.5 Å². The molecule has 0 atom stereocenters. The maximum absolute atomic E-state index is 13.7. The Kier molecular flexibility index (Phi) is 4.34. The number of hydrogen-bond acceptors (Lipinski definition) is 5. The number of anilines is 2. The topological polar surface area (TPSA) is 77.0 Å². The maximum atomic E-state index is 13.7. The summed E-state index contributed by atoms with van der Waals surface area (Å²) in [6, 6.07) is 4.89. The minimum absolute atomic E-state index is 0.144. The van der Waals surface area contributed by atoms with Gasteiger partial charge in [0.1, 0.15) is 16.9 Å². The van der Waals surface area contributed by atoms with Gasteiger partial charge in [-0.2, -0.15) is 5.10 Å². The maximum Gasteiger partial charge on any atom is 0.271 e. The predicted octanol–water partition coefficient (Wildman–Crippen LogP) is 3.52. The molecule has 0 aliphatic heterocycles. The van der Waals surface area contributed by atoms with Crippen LogP contribution in [0.25, 0.3) is 22.1 Å². The van der Waals surface area contributed by atoms with Crippen LogP contribution in [0.4, 0.5) is 11.6 Å². The first-order valence-corrected chi connectivity index (χ1v) is 11.8. The van der Waals surface area contributed by atoms with Crippen LogP contribution in [0.15, 0.2) is 18.5 Å². The van der Waals surface area contributed by atoms with E-state index in [1.807, 2.05) is 60.7 Å². The van der Waals surface area contributed by atoms with Crippen LogP contribution < -0.4 is 4.90 Å². The largest absolute Gasteiger partial charge is 0.333 e. The Bertz CT molecular complexity index is 1370. The summed E-state index contributed by atoms with van der Waals surface area (Å²) in [6.07, 6.45) is 6.31. The average Bonchev–Trinajstić information content (AvgIpc) is 3.71. The van der Waals surface area contributed by atoms with Gasteiger partial charge >= 0.3 is 0 Å². The Morgan fingerprint density at radius 2 is 1.85 bits per heavy atom. The van der Waals surface area contributed by atoms with Gasteiger partial charge in [0.2, 0.25) is 0 Å². The van der Waals surface area contributed by atoms with Crippen molar-refractivity contribution in [3.8, 4) is 0 Å². The van der Waals surface area contributed by atoms with Gasteiger partial charge in [0.25, 0.3) is 5.91 Å². The Morgan fingerprint density at radius 3 is 2.42 bits per heavy atom. The summed E-state index contributed by atoms with van der Waals surface area (Å²) >= 11 is 0. The third-order valence-corrected chi connectivity index (χ3v) is 7.10. The summed E-state index contributed by atoms with van der Waals surface area (Å²) in [7, 11) is 5.90. The number of pyridine rings is 1. The minimum Gasteiger partial charge on any atom is -0.333 e. The summed E-state index contributed by atoms with van der Waals surface area (Å²) in [6.45, 7) is 4.79. The van der Waals surface area contributed by atoms with E-state index >= 15 is 0 Å². The lowest BCUT2D eigenvalue weighted by molar-refractivity contribution is 0.0719. The standard InChI is InChI=1S/C24H30N8O/c1-6-31-18(24(33)32(15-7-8-15)16-9-10-16)12-17-21-20(25-13-28(21)3)23(26-22(17)31)29(4)19-11-14(2)30(5)27-19/h11-13,15-16H,6-10H2,1-5H3. The van der Waals surface area contributed by atoms with Gasteiger partial charge in [0.05, 0.1) is 11.8 Å². The first-order chi connectivity index (χ1) is 15.9. The van der Waals surface area contributed by atoms with Gasteiger partial charge in [-0.1, -0.05) is 0 Å². The van der Waals surface area contributed by atoms with Crippen molar-refractivity contribution in [2.24, 2.45) is 14.1 Å². The van der Waals surface area contributed by atoms with Crippen molar-refractivity contribution < 1.29 is 4.79 Å². The molecule has 0 spiro atoms. The fraction of sp³-hybridized carbons (Fsp3) is 0.500. The van der Waals surface area contributed by atoms with E-state index in [1.54, 1.807) is 0 Å². The van der Waals surface area contributed by atoms with E-state index in [0.29, 0.717) is 18.6 Å². The molecule has 9 heteroatoms. The highest BCUT2D eigenvalue weighted by Gasteiger charge is 2.43. The second-order valence-corrected chi connectivity index (χ2v) is 9.50. The first kappa shape index (κ1) is 20.3. The molecular weight excluding hydrogens is 416 g/mol. The van der Waals surface area contributed by atoms with Crippen molar-refractivity contribution >= 4 is 39.6 Å². The normalized spacial score (nSPS) is 16.2. The van der Waals surface area contributed by atoms with Gasteiger partial charge in [0, 0.05) is 56.9 Å². The van der Waals surface area contributed by atoms with Crippen molar-refractivity contribution in [1.82, 2.24) is 33.8 Å². The van der Waals surface area contributed by atoms with Crippen molar-refractivity contribution in [3.05, 3.63) is 29.8 Å². The molecule has 9 nitrogen and oxygen atoms in total. The summed E-state index contributed by atoms with van der Waals surface area (Å²) < 4.78 is 5.95. The fourth-order valence-corrected chi connectivity index (χ4v) is 4.91. The third-order valence-electron chi connectivity index (χ3n) is 7.10. The molecule has 1 amide bonds. The molecule has 0 bridgehead atoms.